The predicted molar refractivity (Wildman–Crippen MR) is 72.8 cm³/mol. The molecule has 0 aliphatic carbocycles. The van der Waals surface area contributed by atoms with Crippen molar-refractivity contribution in [3.8, 4) is 0 Å². The van der Waals surface area contributed by atoms with Crippen LogP contribution >= 0.6 is 11.8 Å². The second kappa shape index (κ2) is 5.69. The van der Waals surface area contributed by atoms with E-state index in [1.54, 1.807) is 11.8 Å². The monoisotopic (exact) mass is 255 g/mol. The van der Waals surface area contributed by atoms with E-state index in [1.807, 2.05) is 14.0 Å². The molecule has 4 nitrogen and oxygen atoms in total. The van der Waals surface area contributed by atoms with Crippen molar-refractivity contribution < 1.29 is 5.11 Å². The number of nitrogens with one attached hydrogen (secondary N) is 1. The van der Waals surface area contributed by atoms with Gasteiger partial charge in [-0.2, -0.15) is 0 Å². The van der Waals surface area contributed by atoms with Crippen molar-refractivity contribution in [2.24, 2.45) is 0 Å². The molecule has 5 heteroatoms. The van der Waals surface area contributed by atoms with Gasteiger partial charge in [-0.1, -0.05) is 20.8 Å². The van der Waals surface area contributed by atoms with E-state index in [2.05, 4.69) is 36.1 Å². The van der Waals surface area contributed by atoms with E-state index in [1.165, 1.54) is 0 Å². The third-order valence-corrected chi connectivity index (χ3v) is 3.40. The van der Waals surface area contributed by atoms with Crippen LogP contribution in [0.1, 0.15) is 32.2 Å². The molecule has 1 aromatic heterocycles. The second-order valence-electron chi connectivity index (χ2n) is 4.90. The van der Waals surface area contributed by atoms with Gasteiger partial charge < -0.3 is 10.4 Å². The summed E-state index contributed by atoms with van der Waals surface area (Å²) >= 11 is 1.57. The first-order valence-electron chi connectivity index (χ1n) is 5.70. The Balaban J connectivity index is 3.19. The van der Waals surface area contributed by atoms with E-state index in [4.69, 9.17) is 5.11 Å². The molecule has 0 saturated heterocycles. The molecule has 0 saturated carbocycles. The highest BCUT2D eigenvalue weighted by molar-refractivity contribution is 7.99. The number of hydrogen-bond donors (Lipinski definition) is 2. The first-order chi connectivity index (χ1) is 7.90. The summed E-state index contributed by atoms with van der Waals surface area (Å²) in [4.78, 5) is 9.12. The average molecular weight is 255 g/mol. The Hall–Kier alpha value is -0.810. The largest absolute Gasteiger partial charge is 0.396 e. The Bertz CT molecular complexity index is 388. The maximum Gasteiger partial charge on any atom is 0.137 e. The number of aliphatic hydroxyl groups is 1. The normalized spacial score (nSPS) is 11.6. The number of aromatic nitrogens is 2. The minimum atomic E-state index is -0.0756. The Kier molecular flexibility index (Phi) is 4.77. The molecule has 0 atom stereocenters. The minimum absolute atomic E-state index is 0.0756. The molecule has 0 aliphatic heterocycles. The molecule has 2 N–H and O–H groups in total. The lowest BCUT2D eigenvalue weighted by molar-refractivity contribution is 0.322. The SMILES string of the molecule is CNc1nc(C(C)(C)C)nc(SCCO)c1C. The molecule has 0 radical (unpaired) electrons. The van der Waals surface area contributed by atoms with Crippen LogP contribution in [0.2, 0.25) is 0 Å². The molecule has 0 amide bonds. The lowest BCUT2D eigenvalue weighted by Gasteiger charge is -2.20. The van der Waals surface area contributed by atoms with Crippen LogP contribution in [0.3, 0.4) is 0 Å². The van der Waals surface area contributed by atoms with Crippen LogP contribution in [0.5, 0.6) is 0 Å². The van der Waals surface area contributed by atoms with Gasteiger partial charge in [0.2, 0.25) is 0 Å². The molecule has 96 valence electrons. The van der Waals surface area contributed by atoms with Crippen molar-refractivity contribution in [2.75, 3.05) is 24.7 Å². The van der Waals surface area contributed by atoms with Gasteiger partial charge in [0.25, 0.3) is 0 Å². The first kappa shape index (κ1) is 14.3. The summed E-state index contributed by atoms with van der Waals surface area (Å²) in [7, 11) is 1.86. The van der Waals surface area contributed by atoms with Gasteiger partial charge in [-0.3, -0.25) is 0 Å². The van der Waals surface area contributed by atoms with E-state index in [0.29, 0.717) is 5.75 Å². The Morgan fingerprint density at radius 3 is 2.41 bits per heavy atom. The Morgan fingerprint density at radius 2 is 1.94 bits per heavy atom. The molecule has 0 unspecified atom stereocenters. The summed E-state index contributed by atoms with van der Waals surface area (Å²) in [6.07, 6.45) is 0. The van der Waals surface area contributed by atoms with Crippen LogP contribution < -0.4 is 5.32 Å². The van der Waals surface area contributed by atoms with Crippen LogP contribution in [0.25, 0.3) is 0 Å². The number of anilines is 1. The van der Waals surface area contributed by atoms with Gasteiger partial charge in [0.15, 0.2) is 0 Å². The standard InChI is InChI=1S/C12H21N3OS/c1-8-9(13-5)14-11(12(2,3)4)15-10(8)17-7-6-16/h16H,6-7H2,1-5H3,(H,13,14,15). The molecule has 1 aromatic rings. The van der Waals surface area contributed by atoms with Gasteiger partial charge in [-0.05, 0) is 6.92 Å². The lowest BCUT2D eigenvalue weighted by atomic mass is 9.95. The topological polar surface area (TPSA) is 58.0 Å². The number of thioether (sulfide) groups is 1. The maximum atomic E-state index is 8.89. The number of hydrogen-bond acceptors (Lipinski definition) is 5. The molecule has 1 heterocycles. The lowest BCUT2D eigenvalue weighted by Crippen LogP contribution is -2.18. The fourth-order valence-corrected chi connectivity index (χ4v) is 2.11. The molecule has 17 heavy (non-hydrogen) atoms. The zero-order valence-corrected chi connectivity index (χ0v) is 12.0. The molecular formula is C12H21N3OS. The van der Waals surface area contributed by atoms with E-state index in [0.717, 1.165) is 22.2 Å². The van der Waals surface area contributed by atoms with Gasteiger partial charge in [0, 0.05) is 23.8 Å². The fraction of sp³-hybridized carbons (Fsp3) is 0.667. The van der Waals surface area contributed by atoms with Crippen LogP contribution in [-0.4, -0.2) is 34.5 Å². The number of nitrogens with zero attached hydrogens (tertiary/aromatic N) is 2. The highest BCUT2D eigenvalue weighted by atomic mass is 32.2. The zero-order chi connectivity index (χ0) is 13.1. The maximum absolute atomic E-state index is 8.89. The Labute approximate surface area is 107 Å². The van der Waals surface area contributed by atoms with Crippen molar-refractivity contribution >= 4 is 17.6 Å². The van der Waals surface area contributed by atoms with E-state index in [9.17, 15) is 0 Å². The quantitative estimate of drug-likeness (QED) is 0.638. The van der Waals surface area contributed by atoms with E-state index < -0.39 is 0 Å². The molecule has 0 bridgehead atoms. The van der Waals surface area contributed by atoms with Crippen molar-refractivity contribution in [1.82, 2.24) is 9.97 Å². The minimum Gasteiger partial charge on any atom is -0.396 e. The van der Waals surface area contributed by atoms with Crippen molar-refractivity contribution in [3.63, 3.8) is 0 Å². The van der Waals surface area contributed by atoms with Gasteiger partial charge in [-0.15, -0.1) is 11.8 Å². The summed E-state index contributed by atoms with van der Waals surface area (Å²) < 4.78 is 0. The summed E-state index contributed by atoms with van der Waals surface area (Å²) in [6.45, 7) is 8.44. The predicted octanol–water partition coefficient (Wildman–Crippen LogP) is 2.21. The summed E-state index contributed by atoms with van der Waals surface area (Å²) in [5, 5.41) is 12.9. The molecule has 0 aliphatic rings. The number of aliphatic hydroxyl groups excluding tert-OH is 1. The van der Waals surface area contributed by atoms with Crippen molar-refractivity contribution in [3.05, 3.63) is 11.4 Å². The van der Waals surface area contributed by atoms with Crippen molar-refractivity contribution in [2.45, 2.75) is 38.1 Å². The van der Waals surface area contributed by atoms with Crippen molar-refractivity contribution in [1.29, 1.82) is 0 Å². The fourth-order valence-electron chi connectivity index (χ4n) is 1.36. The highest BCUT2D eigenvalue weighted by Crippen LogP contribution is 2.28. The number of rotatable bonds is 4. The molecule has 0 fully saturated rings. The van der Waals surface area contributed by atoms with Crippen LogP contribution in [-0.2, 0) is 5.41 Å². The second-order valence-corrected chi connectivity index (χ2v) is 5.98. The van der Waals surface area contributed by atoms with E-state index >= 15 is 0 Å². The smallest absolute Gasteiger partial charge is 0.137 e. The summed E-state index contributed by atoms with van der Waals surface area (Å²) in [6, 6.07) is 0. The van der Waals surface area contributed by atoms with Crippen LogP contribution in [0.15, 0.2) is 5.03 Å². The molecular weight excluding hydrogens is 234 g/mol. The van der Waals surface area contributed by atoms with Gasteiger partial charge in [0.1, 0.15) is 16.7 Å². The first-order valence-corrected chi connectivity index (χ1v) is 6.69. The summed E-state index contributed by atoms with van der Waals surface area (Å²) in [5.41, 5.74) is 0.965. The molecule has 0 aromatic carbocycles. The van der Waals surface area contributed by atoms with Gasteiger partial charge in [0.05, 0.1) is 6.61 Å². The Morgan fingerprint density at radius 1 is 1.29 bits per heavy atom. The zero-order valence-electron chi connectivity index (χ0n) is 11.2. The average Bonchev–Trinajstić information content (AvgIpc) is 2.26. The van der Waals surface area contributed by atoms with Gasteiger partial charge in [-0.25, -0.2) is 9.97 Å². The van der Waals surface area contributed by atoms with E-state index in [-0.39, 0.29) is 12.0 Å². The third kappa shape index (κ3) is 3.57. The third-order valence-electron chi connectivity index (χ3n) is 2.34. The van der Waals surface area contributed by atoms with Crippen LogP contribution in [0, 0.1) is 6.92 Å². The highest BCUT2D eigenvalue weighted by Gasteiger charge is 2.20. The van der Waals surface area contributed by atoms with Crippen LogP contribution in [0.4, 0.5) is 5.82 Å². The van der Waals surface area contributed by atoms with Gasteiger partial charge >= 0.3 is 0 Å². The molecule has 1 rings (SSSR count). The summed E-state index contributed by atoms with van der Waals surface area (Å²) in [5.74, 6) is 2.35. The molecule has 0 spiro atoms.